The second-order valence-electron chi connectivity index (χ2n) is 5.30. The van der Waals surface area contributed by atoms with Gasteiger partial charge in [0.1, 0.15) is 6.10 Å². The van der Waals surface area contributed by atoms with Crippen LogP contribution in [0.5, 0.6) is 11.5 Å². The molecule has 23 heavy (non-hydrogen) atoms. The minimum Gasteiger partial charge on any atom is -0.492 e. The number of hydrogen-bond acceptors (Lipinski definition) is 6. The summed E-state index contributed by atoms with van der Waals surface area (Å²) in [7, 11) is 1.54. The lowest BCUT2D eigenvalue weighted by molar-refractivity contribution is 0.0686. The van der Waals surface area contributed by atoms with Crippen LogP contribution >= 0.6 is 0 Å². The monoisotopic (exact) mass is 318 g/mol. The molecule has 2 heterocycles. The van der Waals surface area contributed by atoms with E-state index in [9.17, 15) is 4.79 Å². The van der Waals surface area contributed by atoms with Gasteiger partial charge in [-0.15, -0.1) is 0 Å². The van der Waals surface area contributed by atoms with Crippen LogP contribution in [0.2, 0.25) is 0 Å². The number of carboxylic acids is 1. The molecule has 2 aromatic rings. The van der Waals surface area contributed by atoms with Gasteiger partial charge >= 0.3 is 5.97 Å². The van der Waals surface area contributed by atoms with Gasteiger partial charge in [0.25, 0.3) is 0 Å². The van der Waals surface area contributed by atoms with Gasteiger partial charge < -0.3 is 24.4 Å². The lowest BCUT2D eigenvalue weighted by Gasteiger charge is -2.25. The molecule has 1 aromatic carbocycles. The van der Waals surface area contributed by atoms with E-state index in [1.54, 1.807) is 13.2 Å². The summed E-state index contributed by atoms with van der Waals surface area (Å²) in [6, 6.07) is 6.78. The maximum absolute atomic E-state index is 10.9. The van der Waals surface area contributed by atoms with Gasteiger partial charge in [0, 0.05) is 12.6 Å². The van der Waals surface area contributed by atoms with Gasteiger partial charge in [-0.25, -0.2) is 4.79 Å². The number of ether oxygens (including phenoxy) is 2. The quantitative estimate of drug-likeness (QED) is 0.872. The largest absolute Gasteiger partial charge is 0.492 e. The van der Waals surface area contributed by atoms with Crippen molar-refractivity contribution < 1.29 is 23.9 Å². The highest BCUT2D eigenvalue weighted by atomic mass is 16.5. The average molecular weight is 318 g/mol. The molecule has 122 valence electrons. The molecule has 7 heteroatoms. The van der Waals surface area contributed by atoms with E-state index in [0.29, 0.717) is 22.8 Å². The molecule has 1 atom stereocenters. The van der Waals surface area contributed by atoms with Crippen molar-refractivity contribution in [1.82, 2.24) is 10.5 Å². The van der Waals surface area contributed by atoms with Gasteiger partial charge in [0.15, 0.2) is 23.0 Å². The van der Waals surface area contributed by atoms with Crippen molar-refractivity contribution in [1.29, 1.82) is 0 Å². The van der Waals surface area contributed by atoms with E-state index in [1.807, 2.05) is 12.1 Å². The number of methoxy groups -OCH3 is 1. The number of rotatable bonds is 5. The highest BCUT2D eigenvalue weighted by Gasteiger charge is 2.21. The zero-order chi connectivity index (χ0) is 16.2. The van der Waals surface area contributed by atoms with Gasteiger partial charge in [-0.3, -0.25) is 0 Å². The lowest BCUT2D eigenvalue weighted by atomic mass is 10.1. The third kappa shape index (κ3) is 3.29. The normalized spacial score (nSPS) is 17.7. The summed E-state index contributed by atoms with van der Waals surface area (Å²) >= 11 is 0. The minimum absolute atomic E-state index is 0.0807. The van der Waals surface area contributed by atoms with Gasteiger partial charge in [-0.2, -0.15) is 0 Å². The van der Waals surface area contributed by atoms with Crippen LogP contribution in [0.25, 0.3) is 11.3 Å². The third-order valence-electron chi connectivity index (χ3n) is 3.72. The second kappa shape index (κ2) is 6.70. The Hall–Kier alpha value is -2.54. The number of carbonyl (C=O) groups is 1. The fraction of sp³-hybridized carbons (Fsp3) is 0.375. The minimum atomic E-state index is -1.14. The fourth-order valence-corrected chi connectivity index (χ4v) is 2.62. The summed E-state index contributed by atoms with van der Waals surface area (Å²) in [5, 5.41) is 15.8. The Bertz CT molecular complexity index is 692. The van der Waals surface area contributed by atoms with E-state index < -0.39 is 5.97 Å². The summed E-state index contributed by atoms with van der Waals surface area (Å²) < 4.78 is 16.6. The average Bonchev–Trinajstić information content (AvgIpc) is 3.06. The van der Waals surface area contributed by atoms with Crippen molar-refractivity contribution in [2.24, 2.45) is 0 Å². The Morgan fingerprint density at radius 3 is 3.00 bits per heavy atom. The van der Waals surface area contributed by atoms with Crippen molar-refractivity contribution in [3.05, 3.63) is 30.0 Å². The van der Waals surface area contributed by atoms with E-state index in [0.717, 1.165) is 25.9 Å². The molecular formula is C16H18N2O5. The van der Waals surface area contributed by atoms with Crippen molar-refractivity contribution in [3.8, 4) is 22.8 Å². The van der Waals surface area contributed by atoms with Crippen LogP contribution in [0.4, 0.5) is 0 Å². The van der Waals surface area contributed by atoms with Gasteiger partial charge in [0.2, 0.25) is 0 Å². The summed E-state index contributed by atoms with van der Waals surface area (Å²) in [6.07, 6.45) is 2.12. The van der Waals surface area contributed by atoms with Crippen LogP contribution in [0, 0.1) is 0 Å². The Labute approximate surface area is 133 Å². The molecule has 1 aromatic heterocycles. The van der Waals surface area contributed by atoms with Crippen LogP contribution in [0.3, 0.4) is 0 Å². The van der Waals surface area contributed by atoms with Crippen LogP contribution in [0.15, 0.2) is 28.8 Å². The molecule has 2 N–H and O–H groups in total. The summed E-state index contributed by atoms with van der Waals surface area (Å²) in [5.41, 5.74) is 0.457. The predicted octanol–water partition coefficient (Wildman–Crippen LogP) is 2.18. The molecule has 1 fully saturated rings. The maximum atomic E-state index is 10.9. The van der Waals surface area contributed by atoms with E-state index in [2.05, 4.69) is 10.5 Å². The molecule has 0 bridgehead atoms. The van der Waals surface area contributed by atoms with Crippen LogP contribution in [-0.2, 0) is 0 Å². The zero-order valence-electron chi connectivity index (χ0n) is 12.7. The molecule has 1 unspecified atom stereocenters. The smallest absolute Gasteiger partial charge is 0.358 e. The standard InChI is InChI=1S/C16H18N2O5/c1-21-15-11(14-8-12(16(19)20)18-23-14)5-2-6-13(15)22-10-4-3-7-17-9-10/h2,5-6,8,10,17H,3-4,7,9H2,1H3,(H,19,20). The molecule has 1 aliphatic rings. The number of benzene rings is 1. The molecule has 0 aliphatic carbocycles. The zero-order valence-corrected chi connectivity index (χ0v) is 12.7. The third-order valence-corrected chi connectivity index (χ3v) is 3.72. The van der Waals surface area contributed by atoms with Gasteiger partial charge in [-0.05, 0) is 31.5 Å². The number of hydrogen-bond donors (Lipinski definition) is 2. The van der Waals surface area contributed by atoms with Gasteiger partial charge in [0.05, 0.1) is 12.7 Å². The molecule has 0 radical (unpaired) electrons. The molecule has 0 amide bonds. The predicted molar refractivity (Wildman–Crippen MR) is 82.0 cm³/mol. The first-order valence-electron chi connectivity index (χ1n) is 7.44. The number of carboxylic acid groups (broad SMARTS) is 1. The number of aromatic carboxylic acids is 1. The highest BCUT2D eigenvalue weighted by molar-refractivity contribution is 5.87. The van der Waals surface area contributed by atoms with Gasteiger partial charge in [-0.1, -0.05) is 11.2 Å². The summed E-state index contributed by atoms with van der Waals surface area (Å²) in [5.74, 6) is 0.296. The Morgan fingerprint density at radius 2 is 2.35 bits per heavy atom. The Kier molecular flexibility index (Phi) is 4.47. The number of piperidine rings is 1. The topological polar surface area (TPSA) is 93.8 Å². The van der Waals surface area contributed by atoms with Crippen molar-refractivity contribution >= 4 is 5.97 Å². The lowest BCUT2D eigenvalue weighted by Crippen LogP contribution is -2.37. The second-order valence-corrected chi connectivity index (χ2v) is 5.30. The fourth-order valence-electron chi connectivity index (χ4n) is 2.62. The van der Waals surface area contributed by atoms with E-state index >= 15 is 0 Å². The Balaban J connectivity index is 1.90. The van der Waals surface area contributed by atoms with Crippen LogP contribution < -0.4 is 14.8 Å². The number of aromatic nitrogens is 1. The highest BCUT2D eigenvalue weighted by Crippen LogP contribution is 2.39. The van der Waals surface area contributed by atoms with E-state index in [-0.39, 0.29) is 11.8 Å². The number of nitrogens with one attached hydrogen (secondary N) is 1. The number of nitrogens with zero attached hydrogens (tertiary/aromatic N) is 1. The molecule has 7 nitrogen and oxygen atoms in total. The maximum Gasteiger partial charge on any atom is 0.358 e. The molecular weight excluding hydrogens is 300 g/mol. The molecule has 1 aliphatic heterocycles. The summed E-state index contributed by atoms with van der Waals surface area (Å²) in [6.45, 7) is 1.80. The molecule has 0 spiro atoms. The first kappa shape index (κ1) is 15.4. The first-order chi connectivity index (χ1) is 11.2. The van der Waals surface area contributed by atoms with Crippen molar-refractivity contribution in [2.75, 3.05) is 20.2 Å². The first-order valence-corrected chi connectivity index (χ1v) is 7.44. The van der Waals surface area contributed by atoms with Crippen LogP contribution in [0.1, 0.15) is 23.3 Å². The summed E-state index contributed by atoms with van der Waals surface area (Å²) in [4.78, 5) is 10.9. The van der Waals surface area contributed by atoms with Crippen molar-refractivity contribution in [3.63, 3.8) is 0 Å². The molecule has 0 saturated carbocycles. The molecule has 3 rings (SSSR count). The van der Waals surface area contributed by atoms with E-state index in [4.69, 9.17) is 19.1 Å². The molecule has 1 saturated heterocycles. The Morgan fingerprint density at radius 1 is 1.48 bits per heavy atom. The van der Waals surface area contributed by atoms with Crippen LogP contribution in [-0.4, -0.2) is 42.5 Å². The van der Waals surface area contributed by atoms with E-state index in [1.165, 1.54) is 6.07 Å². The SMILES string of the molecule is COc1c(OC2CCCNC2)cccc1-c1cc(C(=O)O)no1. The van der Waals surface area contributed by atoms with Crippen molar-refractivity contribution in [2.45, 2.75) is 18.9 Å². The number of para-hydroxylation sites is 1.